The van der Waals surface area contributed by atoms with Crippen LogP contribution in [0, 0.1) is 0 Å². The molecule has 2 heterocycles. The van der Waals surface area contributed by atoms with E-state index in [1.54, 1.807) is 18.5 Å². The van der Waals surface area contributed by atoms with Crippen LogP contribution >= 0.6 is 0 Å². The maximum absolute atomic E-state index is 11.5. The van der Waals surface area contributed by atoms with Gasteiger partial charge in [-0.15, -0.1) is 0 Å². The number of carboxylic acid groups (broad SMARTS) is 1. The highest BCUT2D eigenvalue weighted by Gasteiger charge is 2.15. The molecule has 0 fully saturated rings. The zero-order valence-electron chi connectivity index (χ0n) is 31.4. The van der Waals surface area contributed by atoms with Crippen molar-refractivity contribution in [1.82, 2.24) is 14.9 Å². The predicted octanol–water partition coefficient (Wildman–Crippen LogP) is 5.83. The van der Waals surface area contributed by atoms with Gasteiger partial charge in [-0.05, 0) is 18.9 Å². The molecule has 0 spiro atoms. The van der Waals surface area contributed by atoms with Gasteiger partial charge in [0.25, 0.3) is 0 Å². The van der Waals surface area contributed by atoms with E-state index < -0.39 is 11.9 Å². The minimum atomic E-state index is -1.26. The first kappa shape index (κ1) is 44.1. The molecule has 0 aromatic carbocycles. The van der Waals surface area contributed by atoms with Crippen LogP contribution in [0.3, 0.4) is 0 Å². The summed E-state index contributed by atoms with van der Waals surface area (Å²) >= 11 is 0. The summed E-state index contributed by atoms with van der Waals surface area (Å²) in [7, 11) is 0. The highest BCUT2D eigenvalue weighted by molar-refractivity contribution is 5.75. The number of esters is 1. The number of rotatable bonds is 35. The molecule has 0 amide bonds. The molecular weight excluding hydrogens is 652 g/mol. The monoisotopic (exact) mass is 718 g/mol. The fraction of sp³-hybridized carbons (Fsp3) is 0.769. The standard InChI is InChI=1S/C39H66N4O8/c1-2-3-4-5-6-7-8-9-10-11-12-13-14-15-16-17-28-48-33-36(51-39-40-22-18-23-41-39)34-49-32-31-47-30-27-43-26-25-42(35-43)24-19-29-50-38(46)21-20-37(44)45/h18,22-26,36H,2-17,19-21,27-35H2,1H3. The van der Waals surface area contributed by atoms with Gasteiger partial charge in [0, 0.05) is 31.5 Å². The van der Waals surface area contributed by atoms with Crippen LogP contribution < -0.4 is 9.84 Å². The van der Waals surface area contributed by atoms with E-state index in [1.807, 2.05) is 23.2 Å². The maximum atomic E-state index is 11.5. The van der Waals surface area contributed by atoms with Gasteiger partial charge in [-0.1, -0.05) is 103 Å². The van der Waals surface area contributed by atoms with E-state index in [0.29, 0.717) is 58.7 Å². The normalized spacial score (nSPS) is 14.0. The molecule has 1 aliphatic rings. The molecule has 0 bridgehead atoms. The molecule has 1 aliphatic heterocycles. The van der Waals surface area contributed by atoms with E-state index in [4.69, 9.17) is 23.7 Å². The quantitative estimate of drug-likeness (QED) is 0.0477. The molecule has 51 heavy (non-hydrogen) atoms. The summed E-state index contributed by atoms with van der Waals surface area (Å²) in [4.78, 5) is 32.3. The lowest BCUT2D eigenvalue weighted by Gasteiger charge is -2.18. The third-order valence-corrected chi connectivity index (χ3v) is 8.55. The van der Waals surface area contributed by atoms with Crippen LogP contribution in [0.2, 0.25) is 0 Å². The van der Waals surface area contributed by atoms with Gasteiger partial charge in [0.2, 0.25) is 6.67 Å². The number of carboxylic acids is 1. The van der Waals surface area contributed by atoms with Gasteiger partial charge in [-0.2, -0.15) is 4.58 Å². The van der Waals surface area contributed by atoms with Crippen molar-refractivity contribution in [2.75, 3.05) is 59.5 Å². The molecule has 12 nitrogen and oxygen atoms in total. The highest BCUT2D eigenvalue weighted by atomic mass is 16.6. The van der Waals surface area contributed by atoms with Crippen molar-refractivity contribution in [1.29, 1.82) is 0 Å². The van der Waals surface area contributed by atoms with Crippen molar-refractivity contribution in [2.45, 2.75) is 135 Å². The molecule has 0 N–H and O–H groups in total. The Morgan fingerprint density at radius 2 is 1.37 bits per heavy atom. The molecule has 0 saturated carbocycles. The number of nitrogens with zero attached hydrogens (tertiary/aromatic N) is 4. The van der Waals surface area contributed by atoms with Crippen molar-refractivity contribution in [3.8, 4) is 6.01 Å². The third-order valence-electron chi connectivity index (χ3n) is 8.55. The largest absolute Gasteiger partial charge is 0.550 e. The zero-order valence-corrected chi connectivity index (χ0v) is 31.4. The summed E-state index contributed by atoms with van der Waals surface area (Å²) in [6, 6.07) is 2.07. The number of ether oxygens (including phenoxy) is 5. The number of hydrogen-bond acceptors (Lipinski definition) is 11. The Morgan fingerprint density at radius 3 is 2.00 bits per heavy atom. The first-order valence-corrected chi connectivity index (χ1v) is 19.6. The number of aromatic nitrogens is 2. The number of aliphatic carboxylic acids is 1. The van der Waals surface area contributed by atoms with Gasteiger partial charge in [-0.3, -0.25) is 4.79 Å². The van der Waals surface area contributed by atoms with E-state index in [2.05, 4.69) is 21.8 Å². The molecule has 1 aromatic heterocycles. The lowest BCUT2D eigenvalue weighted by atomic mass is 10.0. The second-order valence-corrected chi connectivity index (χ2v) is 13.2. The van der Waals surface area contributed by atoms with Gasteiger partial charge < -0.3 is 38.5 Å². The summed E-state index contributed by atoms with van der Waals surface area (Å²) < 4.78 is 30.5. The number of unbranched alkanes of at least 4 members (excludes halogenated alkanes) is 15. The number of carbonyl (C=O) groups is 2. The Bertz CT molecular complexity index is 1060. The van der Waals surface area contributed by atoms with E-state index in [9.17, 15) is 14.7 Å². The summed E-state index contributed by atoms with van der Waals surface area (Å²) in [5.41, 5.74) is 0. The van der Waals surface area contributed by atoms with Crippen LogP contribution in [0.25, 0.3) is 0 Å². The van der Waals surface area contributed by atoms with Crippen LogP contribution in [0.5, 0.6) is 6.01 Å². The second kappa shape index (κ2) is 31.6. The molecule has 0 radical (unpaired) electrons. The number of carbonyl (C=O) groups excluding carboxylic acids is 2. The molecule has 12 heteroatoms. The van der Waals surface area contributed by atoms with Crippen molar-refractivity contribution in [2.24, 2.45) is 0 Å². The lowest BCUT2D eigenvalue weighted by molar-refractivity contribution is -0.460. The lowest BCUT2D eigenvalue weighted by Crippen LogP contribution is -2.30. The molecule has 0 aliphatic carbocycles. The average Bonchev–Trinajstić information content (AvgIpc) is 3.59. The Morgan fingerprint density at radius 1 is 0.784 bits per heavy atom. The summed E-state index contributed by atoms with van der Waals surface area (Å²) in [6.45, 7) is 6.81. The second-order valence-electron chi connectivity index (χ2n) is 13.2. The maximum Gasteiger partial charge on any atom is 0.316 e. The Balaban J connectivity index is 1.45. The van der Waals surface area contributed by atoms with E-state index in [-0.39, 0.29) is 25.6 Å². The average molecular weight is 719 g/mol. The summed E-state index contributed by atoms with van der Waals surface area (Å²) in [5.74, 6) is -1.79. The smallest absolute Gasteiger partial charge is 0.316 e. The molecule has 1 unspecified atom stereocenters. The van der Waals surface area contributed by atoms with Gasteiger partial charge in [-0.25, -0.2) is 9.97 Å². The Kier molecular flexibility index (Phi) is 27.3. The van der Waals surface area contributed by atoms with Crippen molar-refractivity contribution < 1.29 is 43.0 Å². The topological polar surface area (TPSA) is 135 Å². The molecule has 1 aromatic rings. The first-order chi connectivity index (χ1) is 25.1. The van der Waals surface area contributed by atoms with Crippen LogP contribution in [0.4, 0.5) is 0 Å². The summed E-state index contributed by atoms with van der Waals surface area (Å²) in [5, 5.41) is 10.4. The van der Waals surface area contributed by atoms with E-state index in [0.717, 1.165) is 13.0 Å². The fourth-order valence-corrected chi connectivity index (χ4v) is 5.61. The molecule has 290 valence electrons. The van der Waals surface area contributed by atoms with Gasteiger partial charge in [0.1, 0.15) is 12.7 Å². The minimum Gasteiger partial charge on any atom is -0.550 e. The Hall–Kier alpha value is -3.09. The van der Waals surface area contributed by atoms with Crippen LogP contribution in [-0.2, 0) is 28.5 Å². The van der Waals surface area contributed by atoms with Crippen molar-refractivity contribution in [3.05, 3.63) is 30.9 Å². The fourth-order valence-electron chi connectivity index (χ4n) is 5.61. The van der Waals surface area contributed by atoms with Gasteiger partial charge in [0.15, 0.2) is 12.4 Å². The van der Waals surface area contributed by atoms with Crippen LogP contribution in [0.1, 0.15) is 129 Å². The Labute approximate surface area is 306 Å². The van der Waals surface area contributed by atoms with Crippen molar-refractivity contribution in [3.63, 3.8) is 0 Å². The highest BCUT2D eigenvalue weighted by Crippen LogP contribution is 2.14. The number of hydrogen-bond donors (Lipinski definition) is 0. The zero-order chi connectivity index (χ0) is 36.5. The first-order valence-electron chi connectivity index (χ1n) is 19.6. The molecule has 0 saturated heterocycles. The van der Waals surface area contributed by atoms with Gasteiger partial charge in [0.05, 0.1) is 52.1 Å². The molecule has 2 rings (SSSR count). The third kappa shape index (κ3) is 26.4. The predicted molar refractivity (Wildman–Crippen MR) is 195 cm³/mol. The molecular formula is C39H66N4O8. The van der Waals surface area contributed by atoms with E-state index in [1.165, 1.54) is 96.3 Å². The minimum absolute atomic E-state index is 0.171. The van der Waals surface area contributed by atoms with Crippen LogP contribution in [-0.4, -0.2) is 103 Å². The van der Waals surface area contributed by atoms with Crippen molar-refractivity contribution >= 4 is 18.2 Å². The summed E-state index contributed by atoms with van der Waals surface area (Å²) in [6.07, 6.45) is 30.5. The SMILES string of the molecule is CCCCCCCCCCCCCCCCCCOCC(COCCOCCN1C=C[N+](=CCCOC(=O)CCC(=O)[O-])C1)Oc1ncccn1. The van der Waals surface area contributed by atoms with Gasteiger partial charge >= 0.3 is 12.0 Å². The van der Waals surface area contributed by atoms with Crippen LogP contribution in [0.15, 0.2) is 30.9 Å². The molecule has 1 atom stereocenters. The van der Waals surface area contributed by atoms with E-state index >= 15 is 0 Å².